The molecule has 0 radical (unpaired) electrons. The monoisotopic (exact) mass is 759 g/mol. The van der Waals surface area contributed by atoms with E-state index in [2.05, 4.69) is 140 Å². The average molecular weight is 760 g/mol. The molecule has 11 aromatic rings. The summed E-state index contributed by atoms with van der Waals surface area (Å²) >= 11 is 3.77. The van der Waals surface area contributed by atoms with Gasteiger partial charge < -0.3 is 0 Å². The lowest BCUT2D eigenvalue weighted by Gasteiger charge is -2.31. The quantitative estimate of drug-likeness (QED) is 0.180. The molecule has 0 N–H and O–H groups in total. The summed E-state index contributed by atoms with van der Waals surface area (Å²) in [5, 5.41) is 5.19. The number of hydrogen-bond acceptors (Lipinski definition) is 5. The highest BCUT2D eigenvalue weighted by atomic mass is 32.1. The van der Waals surface area contributed by atoms with Gasteiger partial charge in [0.1, 0.15) is 0 Å². The van der Waals surface area contributed by atoms with E-state index in [9.17, 15) is 0 Å². The summed E-state index contributed by atoms with van der Waals surface area (Å²) in [6.07, 6.45) is 0. The molecule has 8 aromatic carbocycles. The molecule has 0 bridgehead atoms. The van der Waals surface area contributed by atoms with Crippen LogP contribution >= 0.6 is 22.7 Å². The summed E-state index contributed by atoms with van der Waals surface area (Å²) in [6.45, 7) is 0. The Kier molecular flexibility index (Phi) is 6.40. The molecular formula is C52H29N3S2. The largest absolute Gasteiger partial charge is 0.208 e. The van der Waals surface area contributed by atoms with E-state index in [-0.39, 0.29) is 0 Å². The predicted octanol–water partition coefficient (Wildman–Crippen LogP) is 14.0. The van der Waals surface area contributed by atoms with Gasteiger partial charge in [0.15, 0.2) is 17.5 Å². The molecule has 0 atom stereocenters. The zero-order chi connectivity index (χ0) is 37.2. The van der Waals surface area contributed by atoms with Crippen LogP contribution in [0.3, 0.4) is 0 Å². The van der Waals surface area contributed by atoms with Crippen LogP contribution in [0.5, 0.6) is 0 Å². The highest BCUT2D eigenvalue weighted by Gasteiger charge is 2.53. The first-order chi connectivity index (χ1) is 28.2. The van der Waals surface area contributed by atoms with Crippen LogP contribution in [0.25, 0.3) is 96.8 Å². The lowest BCUT2D eigenvalue weighted by Crippen LogP contribution is -2.26. The van der Waals surface area contributed by atoms with Gasteiger partial charge >= 0.3 is 0 Å². The van der Waals surface area contributed by atoms with E-state index < -0.39 is 5.41 Å². The molecule has 3 aromatic heterocycles. The van der Waals surface area contributed by atoms with Crippen molar-refractivity contribution >= 4 is 63.0 Å². The van der Waals surface area contributed by atoms with Crippen molar-refractivity contribution in [2.45, 2.75) is 5.41 Å². The van der Waals surface area contributed by atoms with Crippen molar-refractivity contribution in [3.63, 3.8) is 0 Å². The van der Waals surface area contributed by atoms with Gasteiger partial charge in [-0.1, -0.05) is 133 Å². The molecule has 1 spiro atoms. The van der Waals surface area contributed by atoms with Crippen LogP contribution in [0.15, 0.2) is 176 Å². The summed E-state index contributed by atoms with van der Waals surface area (Å²) in [4.78, 5) is 15.3. The van der Waals surface area contributed by atoms with Crippen molar-refractivity contribution in [2.75, 3.05) is 0 Å². The van der Waals surface area contributed by atoms with E-state index in [4.69, 9.17) is 15.0 Å². The maximum absolute atomic E-state index is 5.14. The van der Waals surface area contributed by atoms with E-state index >= 15 is 0 Å². The Morgan fingerprint density at radius 2 is 0.895 bits per heavy atom. The molecule has 5 heteroatoms. The predicted molar refractivity (Wildman–Crippen MR) is 238 cm³/mol. The molecule has 3 heterocycles. The van der Waals surface area contributed by atoms with Crippen molar-refractivity contribution in [3.05, 3.63) is 198 Å². The maximum atomic E-state index is 5.14. The number of aromatic nitrogens is 3. The molecular weight excluding hydrogens is 731 g/mol. The minimum Gasteiger partial charge on any atom is -0.208 e. The first-order valence-corrected chi connectivity index (χ1v) is 20.9. The molecule has 0 unspecified atom stereocenters. The Morgan fingerprint density at radius 1 is 0.333 bits per heavy atom. The summed E-state index contributed by atoms with van der Waals surface area (Å²) in [6, 6.07) is 64.1. The van der Waals surface area contributed by atoms with Gasteiger partial charge in [0, 0.05) is 57.0 Å². The molecule has 0 fully saturated rings. The Bertz CT molecular complexity index is 3370. The second-order valence-electron chi connectivity index (χ2n) is 15.0. The standard InChI is InChI=1S/C52H29N3S2/c1-3-13-30(14-4-1)49-53-50(31-15-5-2-6-16-31)55-51(54-49)32-23-25-44-39(27-32)47-45(56-44)26-24-36-37-28-38-35-19-9-12-22-43(35)57-46(38)29-42(37)52(48(36)47)40-20-10-7-17-33(40)34-18-8-11-21-41(34)52/h1-29H. The molecule has 0 amide bonds. The second-order valence-corrected chi connectivity index (χ2v) is 17.2. The molecule has 13 rings (SSSR count). The smallest absolute Gasteiger partial charge is 0.164 e. The van der Waals surface area contributed by atoms with Gasteiger partial charge in [0.25, 0.3) is 0 Å². The zero-order valence-corrected chi connectivity index (χ0v) is 32.0. The van der Waals surface area contributed by atoms with Crippen molar-refractivity contribution in [3.8, 4) is 56.4 Å². The molecule has 0 saturated carbocycles. The van der Waals surface area contributed by atoms with Gasteiger partial charge in [0.05, 0.1) is 5.41 Å². The van der Waals surface area contributed by atoms with E-state index in [1.807, 2.05) is 59.1 Å². The van der Waals surface area contributed by atoms with Gasteiger partial charge in [-0.3, -0.25) is 0 Å². The first kappa shape index (κ1) is 31.4. The third-order valence-corrected chi connectivity index (χ3v) is 14.4. The van der Waals surface area contributed by atoms with Crippen LogP contribution in [0.1, 0.15) is 22.3 Å². The fraction of sp³-hybridized carbons (Fsp3) is 0.0192. The minimum atomic E-state index is -0.486. The normalized spacial score (nSPS) is 13.4. The molecule has 264 valence electrons. The topological polar surface area (TPSA) is 38.7 Å². The first-order valence-electron chi connectivity index (χ1n) is 19.3. The van der Waals surface area contributed by atoms with Gasteiger partial charge in [-0.2, -0.15) is 0 Å². The fourth-order valence-electron chi connectivity index (χ4n) is 9.79. The van der Waals surface area contributed by atoms with Crippen LogP contribution in [-0.4, -0.2) is 15.0 Å². The lowest BCUT2D eigenvalue weighted by atomic mass is 9.69. The number of rotatable bonds is 3. The molecule has 2 aliphatic rings. The summed E-state index contributed by atoms with van der Waals surface area (Å²) in [7, 11) is 0. The summed E-state index contributed by atoms with van der Waals surface area (Å²) in [5.74, 6) is 1.99. The minimum absolute atomic E-state index is 0.486. The van der Waals surface area contributed by atoms with Crippen molar-refractivity contribution in [1.82, 2.24) is 15.0 Å². The number of thiophene rings is 2. The Labute approximate surface area is 336 Å². The van der Waals surface area contributed by atoms with Crippen molar-refractivity contribution in [2.24, 2.45) is 0 Å². The van der Waals surface area contributed by atoms with Crippen LogP contribution in [0.4, 0.5) is 0 Å². The van der Waals surface area contributed by atoms with E-state index in [0.717, 1.165) is 16.7 Å². The van der Waals surface area contributed by atoms with Crippen LogP contribution in [0.2, 0.25) is 0 Å². The Hall–Kier alpha value is -6.79. The van der Waals surface area contributed by atoms with Gasteiger partial charge in [-0.05, 0) is 87.0 Å². The van der Waals surface area contributed by atoms with Gasteiger partial charge in [0.2, 0.25) is 0 Å². The third kappa shape index (κ3) is 4.27. The molecule has 3 nitrogen and oxygen atoms in total. The molecule has 57 heavy (non-hydrogen) atoms. The van der Waals surface area contributed by atoms with E-state index in [0.29, 0.717) is 17.5 Å². The molecule has 2 aliphatic carbocycles. The Morgan fingerprint density at radius 3 is 1.60 bits per heavy atom. The average Bonchev–Trinajstić information content (AvgIpc) is 4.00. The number of fused-ring (bicyclic) bond motifs is 17. The van der Waals surface area contributed by atoms with E-state index in [1.54, 1.807) is 0 Å². The maximum Gasteiger partial charge on any atom is 0.164 e. The van der Waals surface area contributed by atoms with Crippen molar-refractivity contribution in [1.29, 1.82) is 0 Å². The van der Waals surface area contributed by atoms with Gasteiger partial charge in [-0.25, -0.2) is 15.0 Å². The van der Waals surface area contributed by atoms with E-state index in [1.165, 1.54) is 84.9 Å². The fourth-order valence-corrected chi connectivity index (χ4v) is 12.0. The zero-order valence-electron chi connectivity index (χ0n) is 30.4. The van der Waals surface area contributed by atoms with Crippen LogP contribution in [0, 0.1) is 0 Å². The third-order valence-electron chi connectivity index (χ3n) is 12.1. The summed E-state index contributed by atoms with van der Waals surface area (Å²) in [5.41, 5.74) is 13.1. The van der Waals surface area contributed by atoms with Crippen molar-refractivity contribution < 1.29 is 0 Å². The van der Waals surface area contributed by atoms with Crippen LogP contribution < -0.4 is 0 Å². The SMILES string of the molecule is c1ccc(-c2nc(-c3ccccc3)nc(-c3ccc4sc5ccc6c(c5c4c3)C3(c4ccccc4-c4ccccc43)c3cc4sc5ccccc5c4cc3-6)n2)cc1. The molecule has 0 saturated heterocycles. The lowest BCUT2D eigenvalue weighted by molar-refractivity contribution is 0.803. The van der Waals surface area contributed by atoms with Crippen LogP contribution in [-0.2, 0) is 5.41 Å². The highest BCUT2D eigenvalue weighted by Crippen LogP contribution is 2.65. The van der Waals surface area contributed by atoms with Gasteiger partial charge in [-0.15, -0.1) is 22.7 Å². The Balaban J connectivity index is 1.13. The molecule has 0 aliphatic heterocycles. The number of benzene rings is 8. The number of hydrogen-bond donors (Lipinski definition) is 0. The highest BCUT2D eigenvalue weighted by molar-refractivity contribution is 7.26. The second kappa shape index (κ2) is 11.6. The summed E-state index contributed by atoms with van der Waals surface area (Å²) < 4.78 is 5.19. The number of nitrogens with zero attached hydrogens (tertiary/aromatic N) is 3.